The fourth-order valence-corrected chi connectivity index (χ4v) is 0.969. The van der Waals surface area contributed by atoms with Gasteiger partial charge in [-0.25, -0.2) is 4.39 Å². The Morgan fingerprint density at radius 2 is 2.13 bits per heavy atom. The molecule has 1 aromatic carbocycles. The summed E-state index contributed by atoms with van der Waals surface area (Å²) in [7, 11) is 3.22. The Balaban J connectivity index is 2.89. The van der Waals surface area contributed by atoms with E-state index in [0.717, 1.165) is 12.1 Å². The SMILES string of the molecule is CN(C)C(=O)/C=C/c1cc(F)ccc1O. The highest BCUT2D eigenvalue weighted by Gasteiger charge is 2.01. The van der Waals surface area contributed by atoms with Gasteiger partial charge in [-0.2, -0.15) is 0 Å². The standard InChI is InChI=1S/C11H12FNO2/c1-13(2)11(15)6-3-8-7-9(12)4-5-10(8)14/h3-7,14H,1-2H3/b6-3+. The molecule has 0 aromatic heterocycles. The van der Waals surface area contributed by atoms with E-state index in [0.29, 0.717) is 0 Å². The van der Waals surface area contributed by atoms with Crippen LogP contribution in [-0.2, 0) is 4.79 Å². The highest BCUT2D eigenvalue weighted by atomic mass is 19.1. The Morgan fingerprint density at radius 3 is 2.73 bits per heavy atom. The number of carbonyl (C=O) groups is 1. The maximum absolute atomic E-state index is 12.8. The number of likely N-dealkylation sites (N-methyl/N-ethyl adjacent to an activating group) is 1. The van der Waals surface area contributed by atoms with Crippen molar-refractivity contribution in [2.24, 2.45) is 0 Å². The maximum Gasteiger partial charge on any atom is 0.246 e. The Labute approximate surface area is 87.4 Å². The summed E-state index contributed by atoms with van der Waals surface area (Å²) < 4.78 is 12.8. The van der Waals surface area contributed by atoms with Gasteiger partial charge in [0.1, 0.15) is 11.6 Å². The van der Waals surface area contributed by atoms with E-state index in [1.807, 2.05) is 0 Å². The summed E-state index contributed by atoms with van der Waals surface area (Å²) >= 11 is 0. The second-order valence-electron chi connectivity index (χ2n) is 3.27. The van der Waals surface area contributed by atoms with Gasteiger partial charge in [0.15, 0.2) is 0 Å². The molecule has 1 aromatic rings. The molecule has 0 saturated heterocycles. The van der Waals surface area contributed by atoms with Crippen LogP contribution < -0.4 is 0 Å². The first-order valence-electron chi connectivity index (χ1n) is 4.38. The molecule has 4 heteroatoms. The average molecular weight is 209 g/mol. The number of phenolic OH excluding ortho intramolecular Hbond substituents is 1. The van der Waals surface area contributed by atoms with Crippen LogP contribution in [0.3, 0.4) is 0 Å². The van der Waals surface area contributed by atoms with Crippen molar-refractivity contribution in [1.82, 2.24) is 4.90 Å². The molecule has 0 saturated carbocycles. The van der Waals surface area contributed by atoms with Crippen LogP contribution >= 0.6 is 0 Å². The molecule has 0 aliphatic rings. The second-order valence-corrected chi connectivity index (χ2v) is 3.27. The van der Waals surface area contributed by atoms with Crippen molar-refractivity contribution in [3.63, 3.8) is 0 Å². The van der Waals surface area contributed by atoms with Gasteiger partial charge in [-0.1, -0.05) is 0 Å². The number of rotatable bonds is 2. The Hall–Kier alpha value is -1.84. The normalized spacial score (nSPS) is 10.6. The van der Waals surface area contributed by atoms with Gasteiger partial charge in [0, 0.05) is 25.7 Å². The molecule has 0 fully saturated rings. The van der Waals surface area contributed by atoms with Gasteiger partial charge in [0.2, 0.25) is 5.91 Å². The molecular weight excluding hydrogens is 197 g/mol. The molecule has 0 radical (unpaired) electrons. The first-order valence-corrected chi connectivity index (χ1v) is 4.38. The van der Waals surface area contributed by atoms with E-state index in [4.69, 9.17) is 0 Å². The van der Waals surface area contributed by atoms with Crippen LogP contribution in [0, 0.1) is 5.82 Å². The van der Waals surface area contributed by atoms with Gasteiger partial charge in [0.25, 0.3) is 0 Å². The minimum Gasteiger partial charge on any atom is -0.507 e. The fourth-order valence-electron chi connectivity index (χ4n) is 0.969. The molecular formula is C11H12FNO2. The zero-order chi connectivity index (χ0) is 11.4. The molecule has 80 valence electrons. The zero-order valence-corrected chi connectivity index (χ0v) is 8.57. The molecule has 0 atom stereocenters. The molecule has 1 N–H and O–H groups in total. The minimum atomic E-state index is -0.454. The average Bonchev–Trinajstić information content (AvgIpc) is 2.18. The van der Waals surface area contributed by atoms with Crippen LogP contribution in [0.5, 0.6) is 5.75 Å². The van der Waals surface area contributed by atoms with Crippen molar-refractivity contribution in [3.8, 4) is 5.75 Å². The quantitative estimate of drug-likeness (QED) is 0.752. The second kappa shape index (κ2) is 4.59. The van der Waals surface area contributed by atoms with Crippen molar-refractivity contribution >= 4 is 12.0 Å². The van der Waals surface area contributed by atoms with E-state index in [9.17, 15) is 14.3 Å². The van der Waals surface area contributed by atoms with Gasteiger partial charge in [-0.05, 0) is 24.3 Å². The van der Waals surface area contributed by atoms with E-state index in [-0.39, 0.29) is 17.2 Å². The predicted octanol–water partition coefficient (Wildman–Crippen LogP) is 1.63. The number of aromatic hydroxyl groups is 1. The van der Waals surface area contributed by atoms with Crippen LogP contribution in [0.2, 0.25) is 0 Å². The first kappa shape index (κ1) is 11.2. The lowest BCUT2D eigenvalue weighted by Gasteiger charge is -2.05. The number of hydrogen-bond acceptors (Lipinski definition) is 2. The monoisotopic (exact) mass is 209 g/mol. The topological polar surface area (TPSA) is 40.5 Å². The van der Waals surface area contributed by atoms with Crippen molar-refractivity contribution in [3.05, 3.63) is 35.7 Å². The van der Waals surface area contributed by atoms with Gasteiger partial charge in [-0.3, -0.25) is 4.79 Å². The van der Waals surface area contributed by atoms with Crippen molar-refractivity contribution < 1.29 is 14.3 Å². The van der Waals surface area contributed by atoms with Gasteiger partial charge in [0.05, 0.1) is 0 Å². The number of halogens is 1. The molecule has 0 heterocycles. The van der Waals surface area contributed by atoms with E-state index in [1.54, 1.807) is 14.1 Å². The Kier molecular flexibility index (Phi) is 3.44. The summed E-state index contributed by atoms with van der Waals surface area (Å²) in [4.78, 5) is 12.6. The number of amides is 1. The van der Waals surface area contributed by atoms with E-state index < -0.39 is 5.82 Å². The largest absolute Gasteiger partial charge is 0.507 e. The van der Waals surface area contributed by atoms with Gasteiger partial charge >= 0.3 is 0 Å². The molecule has 0 unspecified atom stereocenters. The molecule has 0 aliphatic carbocycles. The summed E-state index contributed by atoms with van der Waals surface area (Å²) in [5, 5.41) is 9.34. The third-order valence-electron chi connectivity index (χ3n) is 1.84. The molecule has 1 amide bonds. The summed E-state index contributed by atoms with van der Waals surface area (Å²) in [6, 6.07) is 3.56. The lowest BCUT2D eigenvalue weighted by Crippen LogP contribution is -2.18. The lowest BCUT2D eigenvalue weighted by atomic mass is 10.2. The smallest absolute Gasteiger partial charge is 0.246 e. The van der Waals surface area contributed by atoms with E-state index in [2.05, 4.69) is 0 Å². The molecule has 0 bridgehead atoms. The number of nitrogens with zero attached hydrogens (tertiary/aromatic N) is 1. The van der Waals surface area contributed by atoms with Gasteiger partial charge in [-0.15, -0.1) is 0 Å². The van der Waals surface area contributed by atoms with Crippen LogP contribution in [0.15, 0.2) is 24.3 Å². The van der Waals surface area contributed by atoms with Crippen LogP contribution in [0.25, 0.3) is 6.08 Å². The highest BCUT2D eigenvalue weighted by Crippen LogP contribution is 2.19. The van der Waals surface area contributed by atoms with Crippen LogP contribution in [-0.4, -0.2) is 30.0 Å². The number of phenols is 1. The fraction of sp³-hybridized carbons (Fsp3) is 0.182. The first-order chi connectivity index (χ1) is 7.00. The summed E-state index contributed by atoms with van der Waals surface area (Å²) in [6.45, 7) is 0. The summed E-state index contributed by atoms with van der Waals surface area (Å²) in [5.41, 5.74) is 0.283. The van der Waals surface area contributed by atoms with E-state index >= 15 is 0 Å². The number of hydrogen-bond donors (Lipinski definition) is 1. The maximum atomic E-state index is 12.8. The Morgan fingerprint density at radius 1 is 1.47 bits per heavy atom. The lowest BCUT2D eigenvalue weighted by molar-refractivity contribution is -0.123. The molecule has 15 heavy (non-hydrogen) atoms. The molecule has 3 nitrogen and oxygen atoms in total. The van der Waals surface area contributed by atoms with Crippen molar-refractivity contribution in [2.45, 2.75) is 0 Å². The molecule has 0 spiro atoms. The Bertz CT molecular complexity index is 400. The number of benzene rings is 1. The highest BCUT2D eigenvalue weighted by molar-refractivity contribution is 5.91. The van der Waals surface area contributed by atoms with Crippen molar-refractivity contribution in [1.29, 1.82) is 0 Å². The predicted molar refractivity (Wildman–Crippen MR) is 55.8 cm³/mol. The van der Waals surface area contributed by atoms with Crippen LogP contribution in [0.4, 0.5) is 4.39 Å². The molecule has 1 rings (SSSR count). The zero-order valence-electron chi connectivity index (χ0n) is 8.57. The van der Waals surface area contributed by atoms with Crippen LogP contribution in [0.1, 0.15) is 5.56 Å². The number of carbonyl (C=O) groups excluding carboxylic acids is 1. The van der Waals surface area contributed by atoms with E-state index in [1.165, 1.54) is 23.1 Å². The summed E-state index contributed by atoms with van der Waals surface area (Å²) in [5.74, 6) is -0.734. The minimum absolute atomic E-state index is 0.0563. The summed E-state index contributed by atoms with van der Waals surface area (Å²) in [6.07, 6.45) is 2.65. The molecule has 0 aliphatic heterocycles. The van der Waals surface area contributed by atoms with Gasteiger partial charge < -0.3 is 10.0 Å². The van der Waals surface area contributed by atoms with Crippen molar-refractivity contribution in [2.75, 3.05) is 14.1 Å². The third-order valence-corrected chi connectivity index (χ3v) is 1.84. The third kappa shape index (κ3) is 3.09.